The van der Waals surface area contributed by atoms with Crippen LogP contribution in [-0.4, -0.2) is 26.2 Å². The summed E-state index contributed by atoms with van der Waals surface area (Å²) in [5.41, 5.74) is 3.78. The van der Waals surface area contributed by atoms with Crippen molar-refractivity contribution in [3.8, 4) is 12.1 Å². The maximum absolute atomic E-state index is 13.2. The Bertz CT molecular complexity index is 1620. The molecule has 0 aromatic heterocycles. The summed E-state index contributed by atoms with van der Waals surface area (Å²) < 4.78 is 5.79. The van der Waals surface area contributed by atoms with Crippen LogP contribution in [-0.2, 0) is 9.53 Å². The van der Waals surface area contributed by atoms with Gasteiger partial charge in [0.15, 0.2) is 0 Å². The zero-order valence-electron chi connectivity index (χ0n) is 27.1. The van der Waals surface area contributed by atoms with Crippen LogP contribution in [0.4, 0.5) is 28.4 Å². The smallest absolute Gasteiger partial charge is 0.312 e. The Morgan fingerprint density at radius 2 is 1.34 bits per heavy atom. The summed E-state index contributed by atoms with van der Waals surface area (Å²) in [6.07, 6.45) is 0. The highest BCUT2D eigenvalue weighted by molar-refractivity contribution is 5.78. The average Bonchev–Trinajstić information content (AvgIpc) is 2.97. The molecule has 3 rings (SSSR count). The Balaban J connectivity index is 1.60. The minimum absolute atomic E-state index is 0.174. The highest BCUT2D eigenvalue weighted by Crippen LogP contribution is 2.52. The van der Waals surface area contributed by atoms with E-state index in [9.17, 15) is 10.1 Å². The standard InChI is InChI=1S/C35H41N7O2/c1-24-20-28(39-41-31-16-10-25(22-36)21-26(31)23-37)13-17-30(24)40-38-27-11-14-29(15-12-27)42(9)18-19-44-32(43)35(8,33(2,3)4)34(5,6)7/h10-17,20-21H,18-19H2,1-9H3. The predicted octanol–water partition coefficient (Wildman–Crippen LogP) is 9.65. The fraction of sp³-hybridized carbons (Fsp3) is 0.400. The lowest BCUT2D eigenvalue weighted by Crippen LogP contribution is -2.51. The molecule has 0 aliphatic carbocycles. The summed E-state index contributed by atoms with van der Waals surface area (Å²) in [4.78, 5) is 15.2. The molecule has 0 saturated heterocycles. The highest BCUT2D eigenvalue weighted by Gasteiger charge is 2.53. The Morgan fingerprint density at radius 1 is 0.773 bits per heavy atom. The summed E-state index contributed by atoms with van der Waals surface area (Å²) in [5, 5.41) is 35.5. The summed E-state index contributed by atoms with van der Waals surface area (Å²) in [7, 11) is 1.96. The van der Waals surface area contributed by atoms with E-state index in [1.807, 2.05) is 74.3 Å². The molecule has 0 heterocycles. The number of anilines is 1. The van der Waals surface area contributed by atoms with Crippen LogP contribution >= 0.6 is 0 Å². The van der Waals surface area contributed by atoms with Crippen molar-refractivity contribution < 1.29 is 9.53 Å². The maximum Gasteiger partial charge on any atom is 0.312 e. The summed E-state index contributed by atoms with van der Waals surface area (Å²) >= 11 is 0. The summed E-state index contributed by atoms with van der Waals surface area (Å²) in [6.45, 7) is 17.3. The topological polar surface area (TPSA) is 127 Å². The van der Waals surface area contributed by atoms with Gasteiger partial charge in [-0.15, -0.1) is 5.11 Å². The van der Waals surface area contributed by atoms with Crippen LogP contribution in [0.5, 0.6) is 0 Å². The van der Waals surface area contributed by atoms with Crippen molar-refractivity contribution in [3.63, 3.8) is 0 Å². The van der Waals surface area contributed by atoms with Crippen LogP contribution in [0.25, 0.3) is 0 Å². The molecular formula is C35H41N7O2. The summed E-state index contributed by atoms with van der Waals surface area (Å²) in [5.74, 6) is -0.174. The van der Waals surface area contributed by atoms with Crippen molar-refractivity contribution >= 4 is 34.4 Å². The van der Waals surface area contributed by atoms with Crippen LogP contribution in [0.2, 0.25) is 0 Å². The molecule has 0 saturated carbocycles. The Hall–Kier alpha value is -4.89. The van der Waals surface area contributed by atoms with Crippen LogP contribution < -0.4 is 4.90 Å². The average molecular weight is 592 g/mol. The molecule has 3 aromatic carbocycles. The van der Waals surface area contributed by atoms with E-state index >= 15 is 0 Å². The first-order valence-electron chi connectivity index (χ1n) is 14.5. The first-order chi connectivity index (χ1) is 20.6. The zero-order valence-corrected chi connectivity index (χ0v) is 27.1. The fourth-order valence-electron chi connectivity index (χ4n) is 4.88. The van der Waals surface area contributed by atoms with E-state index in [-0.39, 0.29) is 22.4 Å². The van der Waals surface area contributed by atoms with Gasteiger partial charge in [-0.3, -0.25) is 4.79 Å². The second-order valence-corrected chi connectivity index (χ2v) is 13.0. The van der Waals surface area contributed by atoms with Gasteiger partial charge < -0.3 is 9.64 Å². The van der Waals surface area contributed by atoms with E-state index in [0.29, 0.717) is 41.5 Å². The first-order valence-corrected chi connectivity index (χ1v) is 14.5. The number of hydrogen-bond donors (Lipinski definition) is 0. The van der Waals surface area contributed by atoms with Gasteiger partial charge in [-0.25, -0.2) is 0 Å². The molecule has 0 unspecified atom stereocenters. The number of carbonyl (C=O) groups is 1. The molecule has 0 spiro atoms. The molecule has 0 aliphatic heterocycles. The highest BCUT2D eigenvalue weighted by atomic mass is 16.5. The predicted molar refractivity (Wildman–Crippen MR) is 173 cm³/mol. The number of carbonyl (C=O) groups excluding carboxylic acids is 1. The number of nitriles is 2. The lowest BCUT2D eigenvalue weighted by molar-refractivity contribution is -0.172. The molecule has 3 aromatic rings. The van der Waals surface area contributed by atoms with Crippen molar-refractivity contribution in [1.29, 1.82) is 10.5 Å². The molecule has 0 aliphatic rings. The molecule has 0 fully saturated rings. The number of azo groups is 2. The lowest BCUT2D eigenvalue weighted by Gasteiger charge is -2.48. The molecule has 9 nitrogen and oxygen atoms in total. The number of likely N-dealkylation sites (N-methyl/N-ethyl adjacent to an activating group) is 1. The molecule has 0 bridgehead atoms. The molecule has 228 valence electrons. The Kier molecular flexibility index (Phi) is 10.4. The molecular weight excluding hydrogens is 550 g/mol. The fourth-order valence-corrected chi connectivity index (χ4v) is 4.88. The second-order valence-electron chi connectivity index (χ2n) is 13.0. The number of hydrogen-bond acceptors (Lipinski definition) is 9. The first kappa shape index (κ1) is 33.6. The van der Waals surface area contributed by atoms with Gasteiger partial charge in [0, 0.05) is 12.7 Å². The van der Waals surface area contributed by atoms with E-state index in [0.717, 1.165) is 11.3 Å². The Morgan fingerprint density at radius 3 is 1.91 bits per heavy atom. The number of ether oxygens (including phenoxy) is 1. The molecule has 0 N–H and O–H groups in total. The van der Waals surface area contributed by atoms with E-state index in [2.05, 4.69) is 62.0 Å². The molecule has 9 heteroatoms. The van der Waals surface area contributed by atoms with Crippen molar-refractivity contribution in [2.45, 2.75) is 55.4 Å². The number of aryl methyl sites for hydroxylation is 1. The molecule has 44 heavy (non-hydrogen) atoms. The van der Waals surface area contributed by atoms with Gasteiger partial charge in [-0.1, -0.05) is 41.5 Å². The minimum Gasteiger partial charge on any atom is -0.463 e. The number of benzene rings is 3. The summed E-state index contributed by atoms with van der Waals surface area (Å²) in [6, 6.07) is 21.9. The van der Waals surface area contributed by atoms with Gasteiger partial charge in [-0.2, -0.15) is 25.9 Å². The van der Waals surface area contributed by atoms with Crippen molar-refractivity contribution in [1.82, 2.24) is 0 Å². The number of rotatable bonds is 9. The third-order valence-corrected chi connectivity index (χ3v) is 8.33. The SMILES string of the molecule is Cc1cc(N=Nc2ccc(C#N)cc2C#N)ccc1N=Nc1ccc(N(C)CCOC(=O)C(C)(C(C)(C)C)C(C)(C)C)cc1. The van der Waals surface area contributed by atoms with Gasteiger partial charge in [0.05, 0.1) is 46.2 Å². The van der Waals surface area contributed by atoms with E-state index in [1.54, 1.807) is 18.2 Å². The van der Waals surface area contributed by atoms with Gasteiger partial charge in [0.25, 0.3) is 0 Å². The number of nitrogens with zero attached hydrogens (tertiary/aromatic N) is 7. The van der Waals surface area contributed by atoms with Gasteiger partial charge >= 0.3 is 5.97 Å². The van der Waals surface area contributed by atoms with Crippen LogP contribution in [0.1, 0.15) is 65.2 Å². The molecule has 0 radical (unpaired) electrons. The van der Waals surface area contributed by atoms with Crippen LogP contribution in [0, 0.1) is 45.8 Å². The van der Waals surface area contributed by atoms with Crippen LogP contribution in [0.3, 0.4) is 0 Å². The van der Waals surface area contributed by atoms with E-state index in [4.69, 9.17) is 10.00 Å². The Labute approximate surface area is 260 Å². The largest absolute Gasteiger partial charge is 0.463 e. The number of esters is 1. The van der Waals surface area contributed by atoms with E-state index < -0.39 is 5.41 Å². The zero-order chi connectivity index (χ0) is 32.7. The van der Waals surface area contributed by atoms with Gasteiger partial charge in [-0.05, 0) is 90.9 Å². The third kappa shape index (κ3) is 7.73. The second kappa shape index (κ2) is 13.6. The maximum atomic E-state index is 13.2. The molecule has 0 amide bonds. The minimum atomic E-state index is -0.637. The van der Waals surface area contributed by atoms with E-state index in [1.165, 1.54) is 6.07 Å². The third-order valence-electron chi connectivity index (χ3n) is 8.33. The molecule has 0 atom stereocenters. The monoisotopic (exact) mass is 591 g/mol. The lowest BCUT2D eigenvalue weighted by atomic mass is 9.55. The van der Waals surface area contributed by atoms with Gasteiger partial charge in [0.2, 0.25) is 0 Å². The van der Waals surface area contributed by atoms with Gasteiger partial charge in [0.1, 0.15) is 18.4 Å². The van der Waals surface area contributed by atoms with Crippen molar-refractivity contribution in [3.05, 3.63) is 77.4 Å². The normalized spacial score (nSPS) is 12.2. The van der Waals surface area contributed by atoms with Crippen molar-refractivity contribution in [2.24, 2.45) is 36.7 Å². The quantitative estimate of drug-likeness (QED) is 0.181. The van der Waals surface area contributed by atoms with Crippen molar-refractivity contribution in [2.75, 3.05) is 25.1 Å². The van der Waals surface area contributed by atoms with Crippen LogP contribution in [0.15, 0.2) is 81.1 Å².